The van der Waals surface area contributed by atoms with Crippen molar-refractivity contribution in [1.29, 1.82) is 0 Å². The van der Waals surface area contributed by atoms with Gasteiger partial charge in [-0.2, -0.15) is 0 Å². The van der Waals surface area contributed by atoms with Crippen molar-refractivity contribution in [2.75, 3.05) is 0 Å². The minimum Gasteiger partial charge on any atom is -0.274 e. The molecule has 1 aliphatic rings. The van der Waals surface area contributed by atoms with Gasteiger partial charge in [0, 0.05) is 20.8 Å². The van der Waals surface area contributed by atoms with Crippen LogP contribution in [-0.2, 0) is 14.4 Å². The molecule has 1 aromatic rings. The maximum atomic E-state index is 12.0. The van der Waals surface area contributed by atoms with Gasteiger partial charge in [-0.05, 0) is 39.2 Å². The van der Waals surface area contributed by atoms with Gasteiger partial charge in [-0.25, -0.2) is 4.90 Å². The van der Waals surface area contributed by atoms with Gasteiger partial charge in [0.05, 0.1) is 4.61 Å². The van der Waals surface area contributed by atoms with E-state index in [0.717, 1.165) is 16.0 Å². The third kappa shape index (κ3) is 3.01. The van der Waals surface area contributed by atoms with Crippen molar-refractivity contribution in [1.82, 2.24) is 9.80 Å². The highest BCUT2D eigenvalue weighted by Crippen LogP contribution is 2.31. The van der Waals surface area contributed by atoms with Crippen LogP contribution in [0.5, 0.6) is 0 Å². The van der Waals surface area contributed by atoms with Gasteiger partial charge in [0.15, 0.2) is 0 Å². The molecule has 0 bridgehead atoms. The van der Waals surface area contributed by atoms with E-state index < -0.39 is 11.8 Å². The van der Waals surface area contributed by atoms with Gasteiger partial charge in [-0.3, -0.25) is 19.3 Å². The maximum Gasteiger partial charge on any atom is 0.231 e. The van der Waals surface area contributed by atoms with Crippen molar-refractivity contribution in [2.24, 2.45) is 0 Å². The van der Waals surface area contributed by atoms with Gasteiger partial charge in [-0.1, -0.05) is 24.3 Å². The Morgan fingerprint density at radius 3 is 1.91 bits per heavy atom. The Bertz CT molecular complexity index is 708. The number of halogens is 1. The number of amides is 3. The van der Waals surface area contributed by atoms with Gasteiger partial charge in [0.25, 0.3) is 0 Å². The largest absolute Gasteiger partial charge is 0.274 e. The minimum atomic E-state index is -0.454. The third-order valence-corrected chi connectivity index (χ3v) is 3.76. The highest BCUT2D eigenvalue weighted by molar-refractivity contribution is 9.11. The van der Waals surface area contributed by atoms with Crippen LogP contribution in [0.4, 0.5) is 0 Å². The van der Waals surface area contributed by atoms with Crippen LogP contribution in [0.1, 0.15) is 31.9 Å². The van der Waals surface area contributed by atoms with E-state index in [4.69, 9.17) is 0 Å². The molecule has 0 N–H and O–H groups in total. The van der Waals surface area contributed by atoms with Crippen LogP contribution >= 0.6 is 15.9 Å². The van der Waals surface area contributed by atoms with Crippen LogP contribution < -0.4 is 0 Å². The second kappa shape index (κ2) is 6.27. The topological polar surface area (TPSA) is 57.7 Å². The lowest BCUT2D eigenvalue weighted by molar-refractivity contribution is -0.141. The number of carbonyl (C=O) groups is 3. The molecule has 6 heteroatoms. The molecular formula is C16H15BrN2O3. The summed E-state index contributed by atoms with van der Waals surface area (Å²) >= 11 is 3.36. The smallest absolute Gasteiger partial charge is 0.231 e. The Morgan fingerprint density at radius 2 is 1.45 bits per heavy atom. The lowest BCUT2D eigenvalue weighted by Crippen LogP contribution is -2.41. The average molecular weight is 363 g/mol. The first-order valence-corrected chi connectivity index (χ1v) is 7.42. The van der Waals surface area contributed by atoms with E-state index in [-0.39, 0.29) is 11.7 Å². The molecule has 22 heavy (non-hydrogen) atoms. The number of carbonyl (C=O) groups excluding carboxylic acids is 3. The summed E-state index contributed by atoms with van der Waals surface area (Å²) in [7, 11) is 0. The Morgan fingerprint density at radius 1 is 0.955 bits per heavy atom. The van der Waals surface area contributed by atoms with Crippen LogP contribution in [0.15, 0.2) is 34.7 Å². The summed E-state index contributed by atoms with van der Waals surface area (Å²) in [4.78, 5) is 38.1. The number of hydrogen-bond donors (Lipinski definition) is 0. The fourth-order valence-corrected chi connectivity index (χ4v) is 2.98. The van der Waals surface area contributed by atoms with E-state index in [2.05, 4.69) is 15.9 Å². The van der Waals surface area contributed by atoms with E-state index in [1.807, 2.05) is 24.3 Å². The van der Waals surface area contributed by atoms with Gasteiger partial charge >= 0.3 is 0 Å². The van der Waals surface area contributed by atoms with Crippen molar-refractivity contribution in [2.45, 2.75) is 20.8 Å². The monoisotopic (exact) mass is 362 g/mol. The van der Waals surface area contributed by atoms with E-state index >= 15 is 0 Å². The van der Waals surface area contributed by atoms with Crippen LogP contribution in [0, 0.1) is 0 Å². The van der Waals surface area contributed by atoms with Crippen molar-refractivity contribution < 1.29 is 14.4 Å². The van der Waals surface area contributed by atoms with Gasteiger partial charge < -0.3 is 0 Å². The molecule has 0 saturated heterocycles. The number of rotatable bonds is 1. The molecule has 0 fully saturated rings. The lowest BCUT2D eigenvalue weighted by atomic mass is 10.1. The Labute approximate surface area is 137 Å². The molecular weight excluding hydrogens is 348 g/mol. The fourth-order valence-electron chi connectivity index (χ4n) is 2.30. The van der Waals surface area contributed by atoms with Crippen LogP contribution in [-0.4, -0.2) is 27.5 Å². The molecule has 114 valence electrons. The highest BCUT2D eigenvalue weighted by Gasteiger charge is 2.29. The summed E-state index contributed by atoms with van der Waals surface area (Å²) < 4.78 is 0.462. The molecule has 1 aromatic carbocycles. The van der Waals surface area contributed by atoms with Gasteiger partial charge in [0.2, 0.25) is 17.7 Å². The summed E-state index contributed by atoms with van der Waals surface area (Å²) in [6.07, 6.45) is 3.43. The molecule has 1 heterocycles. The molecule has 3 amide bonds. The maximum absolute atomic E-state index is 12.0. The van der Waals surface area contributed by atoms with Crippen LogP contribution in [0.25, 0.3) is 12.2 Å². The number of benzene rings is 1. The minimum absolute atomic E-state index is 0.209. The van der Waals surface area contributed by atoms with E-state index in [9.17, 15) is 14.4 Å². The van der Waals surface area contributed by atoms with Crippen molar-refractivity contribution in [3.63, 3.8) is 0 Å². The quantitative estimate of drug-likeness (QED) is 0.721. The Hall–Kier alpha value is -2.21. The molecule has 2 rings (SSSR count). The van der Waals surface area contributed by atoms with Crippen LogP contribution in [0.2, 0.25) is 0 Å². The van der Waals surface area contributed by atoms with E-state index in [1.165, 1.54) is 25.7 Å². The average Bonchev–Trinajstić information content (AvgIpc) is 2.53. The number of hydrogen-bond acceptors (Lipinski definition) is 3. The summed E-state index contributed by atoms with van der Waals surface area (Å²) in [5, 5.41) is 0. The Balaban J connectivity index is 2.73. The zero-order chi connectivity index (χ0) is 16.4. The number of imide groups is 1. The predicted molar refractivity (Wildman–Crippen MR) is 87.0 cm³/mol. The zero-order valence-electron chi connectivity index (χ0n) is 12.5. The first-order valence-electron chi connectivity index (χ1n) is 6.63. The van der Waals surface area contributed by atoms with Crippen molar-refractivity contribution in [3.05, 3.63) is 45.8 Å². The highest BCUT2D eigenvalue weighted by atomic mass is 79.9. The standard InChI is InChI=1S/C16H15BrN2O3/c1-10(20)18(11(2)21)16-9-14-7-5-4-6-13(14)8-15(17)19(16)12(3)22/h4-9H,1-3H3. The second-order valence-electron chi connectivity index (χ2n) is 4.83. The Kier molecular flexibility index (Phi) is 4.61. The molecule has 0 atom stereocenters. The van der Waals surface area contributed by atoms with Crippen molar-refractivity contribution >= 4 is 45.8 Å². The van der Waals surface area contributed by atoms with Gasteiger partial charge in [-0.15, -0.1) is 0 Å². The number of fused-ring (bicyclic) bond motifs is 1. The first-order chi connectivity index (χ1) is 10.3. The number of nitrogens with zero attached hydrogens (tertiary/aromatic N) is 2. The zero-order valence-corrected chi connectivity index (χ0v) is 14.0. The molecule has 5 nitrogen and oxygen atoms in total. The SMILES string of the molecule is CC(=O)N(C(C)=O)C1=Cc2ccccc2C=C(Br)N1C(C)=O. The van der Waals surface area contributed by atoms with Crippen LogP contribution in [0.3, 0.4) is 0 Å². The van der Waals surface area contributed by atoms with E-state index in [1.54, 1.807) is 12.2 Å². The summed E-state index contributed by atoms with van der Waals surface area (Å²) in [6.45, 7) is 3.95. The normalized spacial score (nSPS) is 13.5. The summed E-state index contributed by atoms with van der Waals surface area (Å²) in [5.74, 6) is -1.01. The summed E-state index contributed by atoms with van der Waals surface area (Å²) in [6, 6.07) is 7.47. The second-order valence-corrected chi connectivity index (χ2v) is 5.64. The molecule has 1 aliphatic heterocycles. The molecule has 0 saturated carbocycles. The first kappa shape index (κ1) is 16.2. The predicted octanol–water partition coefficient (Wildman–Crippen LogP) is 2.94. The molecule has 0 radical (unpaired) electrons. The van der Waals surface area contributed by atoms with Crippen molar-refractivity contribution in [3.8, 4) is 0 Å². The third-order valence-electron chi connectivity index (χ3n) is 3.17. The molecule has 0 unspecified atom stereocenters. The van der Waals surface area contributed by atoms with Gasteiger partial charge in [0.1, 0.15) is 5.82 Å². The fraction of sp³-hybridized carbons (Fsp3) is 0.188. The molecule has 0 spiro atoms. The van der Waals surface area contributed by atoms with E-state index in [0.29, 0.717) is 4.61 Å². The molecule has 0 aromatic heterocycles. The molecule has 0 aliphatic carbocycles. The summed E-state index contributed by atoms with van der Waals surface area (Å²) in [5.41, 5.74) is 1.69. The lowest BCUT2D eigenvalue weighted by Gasteiger charge is -2.29.